The van der Waals surface area contributed by atoms with Gasteiger partial charge in [0, 0.05) is 12.6 Å². The molecule has 0 saturated heterocycles. The van der Waals surface area contributed by atoms with Gasteiger partial charge in [0.05, 0.1) is 5.56 Å². The van der Waals surface area contributed by atoms with E-state index >= 15 is 0 Å². The fourth-order valence-corrected chi connectivity index (χ4v) is 2.07. The molecule has 0 unspecified atom stereocenters. The molecule has 6 heteroatoms. The Kier molecular flexibility index (Phi) is 4.05. The van der Waals surface area contributed by atoms with E-state index in [-0.39, 0.29) is 23.8 Å². The number of halogens is 1. The number of benzene rings is 2. The van der Waals surface area contributed by atoms with Crippen LogP contribution in [0.25, 0.3) is 11.3 Å². The van der Waals surface area contributed by atoms with Crippen molar-refractivity contribution in [3.63, 3.8) is 0 Å². The number of hydrogen-bond donors (Lipinski definition) is 2. The summed E-state index contributed by atoms with van der Waals surface area (Å²) in [6, 6.07) is 13.9. The minimum Gasteiger partial charge on any atom is -0.507 e. The summed E-state index contributed by atoms with van der Waals surface area (Å²) in [7, 11) is 0. The Labute approximate surface area is 131 Å². The molecule has 0 aliphatic heterocycles. The highest BCUT2D eigenvalue weighted by Gasteiger charge is 2.15. The van der Waals surface area contributed by atoms with Crippen molar-refractivity contribution in [3.05, 3.63) is 71.7 Å². The largest absolute Gasteiger partial charge is 0.507 e. The molecule has 0 bridgehead atoms. The molecule has 0 fully saturated rings. The summed E-state index contributed by atoms with van der Waals surface area (Å²) in [5.41, 5.74) is 1.33. The van der Waals surface area contributed by atoms with Gasteiger partial charge in [-0.1, -0.05) is 29.4 Å². The van der Waals surface area contributed by atoms with E-state index in [2.05, 4.69) is 10.5 Å². The molecule has 116 valence electrons. The first kappa shape index (κ1) is 14.8. The van der Waals surface area contributed by atoms with Gasteiger partial charge in [-0.05, 0) is 29.8 Å². The molecule has 0 aliphatic carbocycles. The van der Waals surface area contributed by atoms with E-state index in [9.17, 15) is 14.3 Å². The Morgan fingerprint density at radius 2 is 1.91 bits per heavy atom. The van der Waals surface area contributed by atoms with Crippen molar-refractivity contribution < 1.29 is 18.8 Å². The predicted octanol–water partition coefficient (Wildman–Crippen LogP) is 3.12. The highest BCUT2D eigenvalue weighted by molar-refractivity contribution is 5.93. The molecule has 3 aromatic rings. The summed E-state index contributed by atoms with van der Waals surface area (Å²) < 4.78 is 17.9. The van der Waals surface area contributed by atoms with Gasteiger partial charge < -0.3 is 14.9 Å². The number of aromatic nitrogens is 1. The topological polar surface area (TPSA) is 75.4 Å². The van der Waals surface area contributed by atoms with Crippen LogP contribution in [-0.4, -0.2) is 16.2 Å². The zero-order chi connectivity index (χ0) is 16.2. The third kappa shape index (κ3) is 3.37. The van der Waals surface area contributed by atoms with Gasteiger partial charge in [-0.25, -0.2) is 4.39 Å². The number of carbonyl (C=O) groups excluding carboxylic acids is 1. The summed E-state index contributed by atoms with van der Waals surface area (Å²) in [5.74, 6) is -0.402. The lowest BCUT2D eigenvalue weighted by Crippen LogP contribution is -2.23. The smallest absolute Gasteiger partial charge is 0.273 e. The van der Waals surface area contributed by atoms with E-state index < -0.39 is 5.91 Å². The van der Waals surface area contributed by atoms with E-state index in [4.69, 9.17) is 4.52 Å². The van der Waals surface area contributed by atoms with Crippen LogP contribution in [0, 0.1) is 5.82 Å². The second-order valence-corrected chi connectivity index (χ2v) is 4.90. The zero-order valence-corrected chi connectivity index (χ0v) is 12.0. The molecule has 2 N–H and O–H groups in total. The quantitative estimate of drug-likeness (QED) is 0.776. The van der Waals surface area contributed by atoms with Crippen LogP contribution in [0.5, 0.6) is 5.75 Å². The first-order chi connectivity index (χ1) is 11.1. The van der Waals surface area contributed by atoms with Crippen molar-refractivity contribution in [1.82, 2.24) is 10.5 Å². The minimum atomic E-state index is -0.417. The summed E-state index contributed by atoms with van der Waals surface area (Å²) in [4.78, 5) is 12.0. The SMILES string of the molecule is O=C(NCc1ccc(F)cc1)c1cc(-c2ccccc2O)on1. The van der Waals surface area contributed by atoms with Crippen molar-refractivity contribution >= 4 is 5.91 Å². The molecule has 1 amide bonds. The highest BCUT2D eigenvalue weighted by atomic mass is 19.1. The number of para-hydroxylation sites is 1. The van der Waals surface area contributed by atoms with Gasteiger partial charge in [-0.2, -0.15) is 0 Å². The van der Waals surface area contributed by atoms with Crippen LogP contribution in [0.4, 0.5) is 4.39 Å². The Hall–Kier alpha value is -3.15. The zero-order valence-electron chi connectivity index (χ0n) is 12.0. The maximum absolute atomic E-state index is 12.8. The first-order valence-electron chi connectivity index (χ1n) is 6.91. The normalized spacial score (nSPS) is 10.5. The van der Waals surface area contributed by atoms with E-state index in [0.717, 1.165) is 5.56 Å². The number of nitrogens with zero attached hydrogens (tertiary/aromatic N) is 1. The van der Waals surface area contributed by atoms with E-state index in [1.807, 2.05) is 0 Å². The molecule has 0 radical (unpaired) electrons. The third-order valence-corrected chi connectivity index (χ3v) is 3.28. The average molecular weight is 312 g/mol. The van der Waals surface area contributed by atoms with Crippen LogP contribution >= 0.6 is 0 Å². The summed E-state index contributed by atoms with van der Waals surface area (Å²) in [5, 5.41) is 16.1. The summed E-state index contributed by atoms with van der Waals surface area (Å²) >= 11 is 0. The van der Waals surface area contributed by atoms with Crippen LogP contribution in [0.3, 0.4) is 0 Å². The van der Waals surface area contributed by atoms with Crippen molar-refractivity contribution in [2.75, 3.05) is 0 Å². The second-order valence-electron chi connectivity index (χ2n) is 4.90. The van der Waals surface area contributed by atoms with Gasteiger partial charge in [0.25, 0.3) is 5.91 Å². The Morgan fingerprint density at radius 3 is 2.65 bits per heavy atom. The average Bonchev–Trinajstić information content (AvgIpc) is 3.04. The summed E-state index contributed by atoms with van der Waals surface area (Å²) in [6.45, 7) is 0.248. The molecule has 1 aromatic heterocycles. The number of amides is 1. The Morgan fingerprint density at radius 1 is 1.17 bits per heavy atom. The standard InChI is InChI=1S/C17H13FN2O3/c18-12-7-5-11(6-8-12)10-19-17(22)14-9-16(23-20-14)13-3-1-2-4-15(13)21/h1-9,21H,10H2,(H,19,22). The first-order valence-corrected chi connectivity index (χ1v) is 6.91. The van der Waals surface area contributed by atoms with E-state index in [1.165, 1.54) is 24.3 Å². The van der Waals surface area contributed by atoms with Crippen molar-refractivity contribution in [1.29, 1.82) is 0 Å². The molecular weight excluding hydrogens is 299 g/mol. The minimum absolute atomic E-state index is 0.0434. The molecule has 0 atom stereocenters. The van der Waals surface area contributed by atoms with Gasteiger partial charge in [-0.3, -0.25) is 4.79 Å². The van der Waals surface area contributed by atoms with Gasteiger partial charge in [-0.15, -0.1) is 0 Å². The Balaban J connectivity index is 1.69. The van der Waals surface area contributed by atoms with Gasteiger partial charge in [0.15, 0.2) is 11.5 Å². The van der Waals surface area contributed by atoms with Crippen LogP contribution in [0.2, 0.25) is 0 Å². The van der Waals surface area contributed by atoms with Crippen molar-refractivity contribution in [2.24, 2.45) is 0 Å². The number of aromatic hydroxyl groups is 1. The molecule has 0 spiro atoms. The number of rotatable bonds is 4. The lowest BCUT2D eigenvalue weighted by molar-refractivity contribution is 0.0942. The molecule has 0 aliphatic rings. The van der Waals surface area contributed by atoms with Gasteiger partial charge >= 0.3 is 0 Å². The predicted molar refractivity (Wildman–Crippen MR) is 81.2 cm³/mol. The Bertz CT molecular complexity index is 828. The van der Waals surface area contributed by atoms with Crippen LogP contribution in [0.1, 0.15) is 16.1 Å². The number of phenols is 1. The molecule has 3 rings (SSSR count). The fourth-order valence-electron chi connectivity index (χ4n) is 2.07. The molecule has 1 heterocycles. The molecule has 0 saturated carbocycles. The third-order valence-electron chi connectivity index (χ3n) is 3.28. The number of carbonyl (C=O) groups is 1. The lowest BCUT2D eigenvalue weighted by atomic mass is 10.1. The molecule has 2 aromatic carbocycles. The maximum Gasteiger partial charge on any atom is 0.273 e. The summed E-state index contributed by atoms with van der Waals surface area (Å²) in [6.07, 6.45) is 0. The second kappa shape index (κ2) is 6.31. The molecule has 5 nitrogen and oxygen atoms in total. The number of nitrogens with one attached hydrogen (secondary N) is 1. The lowest BCUT2D eigenvalue weighted by Gasteiger charge is -2.02. The van der Waals surface area contributed by atoms with E-state index in [1.54, 1.807) is 30.3 Å². The monoisotopic (exact) mass is 312 g/mol. The van der Waals surface area contributed by atoms with Gasteiger partial charge in [0.2, 0.25) is 0 Å². The van der Waals surface area contributed by atoms with Crippen LogP contribution in [-0.2, 0) is 6.54 Å². The highest BCUT2D eigenvalue weighted by Crippen LogP contribution is 2.28. The molecule has 23 heavy (non-hydrogen) atoms. The maximum atomic E-state index is 12.8. The number of phenolic OH excluding ortho intramolecular Hbond substituents is 1. The fraction of sp³-hybridized carbons (Fsp3) is 0.0588. The van der Waals surface area contributed by atoms with Crippen LogP contribution < -0.4 is 5.32 Å². The van der Waals surface area contributed by atoms with Crippen molar-refractivity contribution in [3.8, 4) is 17.1 Å². The number of hydrogen-bond acceptors (Lipinski definition) is 4. The molecular formula is C17H13FN2O3. The van der Waals surface area contributed by atoms with Crippen molar-refractivity contribution in [2.45, 2.75) is 6.54 Å². The van der Waals surface area contributed by atoms with E-state index in [0.29, 0.717) is 11.3 Å². The van der Waals surface area contributed by atoms with Gasteiger partial charge in [0.1, 0.15) is 11.6 Å². The van der Waals surface area contributed by atoms with Crippen LogP contribution in [0.15, 0.2) is 59.1 Å².